The summed E-state index contributed by atoms with van der Waals surface area (Å²) in [5.74, 6) is 2.95. The molecule has 0 bridgehead atoms. The smallest absolute Gasteiger partial charge is 0.119 e. The highest BCUT2D eigenvalue weighted by atomic mass is 16.5. The number of benzene rings is 1. The van der Waals surface area contributed by atoms with Gasteiger partial charge in [0, 0.05) is 5.56 Å². The van der Waals surface area contributed by atoms with Gasteiger partial charge in [-0.2, -0.15) is 0 Å². The lowest BCUT2D eigenvalue weighted by Gasteiger charge is -2.18. The van der Waals surface area contributed by atoms with Gasteiger partial charge in [-0.15, -0.1) is 0 Å². The number of ether oxygens (including phenoxy) is 1. The van der Waals surface area contributed by atoms with E-state index < -0.39 is 0 Å². The first kappa shape index (κ1) is 14.2. The highest BCUT2D eigenvalue weighted by molar-refractivity contribution is 5.42. The molecule has 112 valence electrons. The van der Waals surface area contributed by atoms with Crippen molar-refractivity contribution >= 4 is 0 Å². The minimum atomic E-state index is 0.150. The van der Waals surface area contributed by atoms with E-state index in [0.29, 0.717) is 6.10 Å². The van der Waals surface area contributed by atoms with Crippen molar-refractivity contribution in [3.8, 4) is 5.75 Å². The Hall–Kier alpha value is -1.74. The molecule has 21 heavy (non-hydrogen) atoms. The van der Waals surface area contributed by atoms with Gasteiger partial charge in [-0.3, -0.25) is 0 Å². The molecule has 1 saturated carbocycles. The normalized spacial score (nSPS) is 16.0. The van der Waals surface area contributed by atoms with Gasteiger partial charge >= 0.3 is 0 Å². The molecule has 0 amide bonds. The van der Waals surface area contributed by atoms with Gasteiger partial charge in [0.2, 0.25) is 0 Å². The first-order chi connectivity index (χ1) is 10.1. The molecular weight excluding hydrogens is 262 g/mol. The number of aryl methyl sites for hydroxylation is 2. The zero-order chi connectivity index (χ0) is 15.0. The third-order valence-corrected chi connectivity index (χ3v) is 4.24. The average Bonchev–Trinajstić information content (AvgIpc) is 3.24. The van der Waals surface area contributed by atoms with Crippen LogP contribution in [0, 0.1) is 20.8 Å². The fraction of sp³-hybridized carbons (Fsp3) is 0.444. The van der Waals surface area contributed by atoms with E-state index in [4.69, 9.17) is 9.15 Å². The quantitative estimate of drug-likeness (QED) is 0.899. The summed E-state index contributed by atoms with van der Waals surface area (Å²) in [6, 6.07) is 8.56. The number of hydrogen-bond donors (Lipinski definition) is 1. The molecule has 1 aliphatic rings. The zero-order valence-electron chi connectivity index (χ0n) is 13.2. The number of rotatable bonds is 5. The molecule has 2 aromatic rings. The Morgan fingerprint density at radius 1 is 1.10 bits per heavy atom. The Labute approximate surface area is 126 Å². The zero-order valence-corrected chi connectivity index (χ0v) is 13.2. The van der Waals surface area contributed by atoms with Crippen LogP contribution in [0.3, 0.4) is 0 Å². The maximum absolute atomic E-state index is 5.81. The van der Waals surface area contributed by atoms with Crippen LogP contribution in [0.25, 0.3) is 0 Å². The van der Waals surface area contributed by atoms with Crippen LogP contribution in [-0.4, -0.2) is 13.2 Å². The maximum Gasteiger partial charge on any atom is 0.119 e. The molecule has 1 N–H and O–H groups in total. The van der Waals surface area contributed by atoms with Crippen LogP contribution >= 0.6 is 0 Å². The molecule has 0 radical (unpaired) electrons. The summed E-state index contributed by atoms with van der Waals surface area (Å²) in [6.45, 7) is 6.17. The molecular formula is C18H23NO2. The summed E-state index contributed by atoms with van der Waals surface area (Å²) < 4.78 is 11.6. The minimum absolute atomic E-state index is 0.150. The van der Waals surface area contributed by atoms with Gasteiger partial charge in [0.25, 0.3) is 0 Å². The van der Waals surface area contributed by atoms with Crippen molar-refractivity contribution in [1.29, 1.82) is 0 Å². The SMILES string of the molecule is CNC(c1ccc(OC2CC2)cc1)c1c(C)oc(C)c1C. The molecule has 1 aromatic carbocycles. The molecule has 3 nitrogen and oxygen atoms in total. The Bertz CT molecular complexity index is 623. The summed E-state index contributed by atoms with van der Waals surface area (Å²) in [5.41, 5.74) is 3.70. The molecule has 1 aliphatic carbocycles. The van der Waals surface area contributed by atoms with E-state index in [9.17, 15) is 0 Å². The maximum atomic E-state index is 5.81. The predicted octanol–water partition coefficient (Wildman–Crippen LogP) is 4.05. The predicted molar refractivity (Wildman–Crippen MR) is 83.9 cm³/mol. The summed E-state index contributed by atoms with van der Waals surface area (Å²) in [6.07, 6.45) is 2.82. The van der Waals surface area contributed by atoms with E-state index in [-0.39, 0.29) is 6.04 Å². The second kappa shape index (κ2) is 5.57. The number of hydrogen-bond acceptors (Lipinski definition) is 3. The highest BCUT2D eigenvalue weighted by Crippen LogP contribution is 2.33. The Balaban J connectivity index is 1.88. The lowest BCUT2D eigenvalue weighted by molar-refractivity contribution is 0.303. The second-order valence-electron chi connectivity index (χ2n) is 5.86. The Kier molecular flexibility index (Phi) is 3.77. The van der Waals surface area contributed by atoms with E-state index >= 15 is 0 Å². The van der Waals surface area contributed by atoms with Crippen molar-refractivity contribution in [2.45, 2.75) is 45.8 Å². The third kappa shape index (κ3) is 2.84. The van der Waals surface area contributed by atoms with Gasteiger partial charge in [-0.25, -0.2) is 0 Å². The summed E-state index contributed by atoms with van der Waals surface area (Å²) in [4.78, 5) is 0. The topological polar surface area (TPSA) is 34.4 Å². The molecule has 1 atom stereocenters. The number of nitrogens with one attached hydrogen (secondary N) is 1. The van der Waals surface area contributed by atoms with Gasteiger partial charge in [0.1, 0.15) is 17.3 Å². The van der Waals surface area contributed by atoms with Crippen LogP contribution in [-0.2, 0) is 0 Å². The molecule has 1 aromatic heterocycles. The molecule has 0 aliphatic heterocycles. The van der Waals surface area contributed by atoms with Crippen molar-refractivity contribution in [2.75, 3.05) is 7.05 Å². The minimum Gasteiger partial charge on any atom is -0.490 e. The molecule has 0 spiro atoms. The second-order valence-corrected chi connectivity index (χ2v) is 5.86. The van der Waals surface area contributed by atoms with Gasteiger partial charge in [-0.1, -0.05) is 12.1 Å². The lowest BCUT2D eigenvalue weighted by atomic mass is 9.95. The van der Waals surface area contributed by atoms with Crippen molar-refractivity contribution in [1.82, 2.24) is 5.32 Å². The van der Waals surface area contributed by atoms with Crippen molar-refractivity contribution < 1.29 is 9.15 Å². The van der Waals surface area contributed by atoms with E-state index in [1.807, 2.05) is 20.9 Å². The van der Waals surface area contributed by atoms with E-state index in [1.165, 1.54) is 29.5 Å². The molecule has 3 rings (SSSR count). The Morgan fingerprint density at radius 3 is 2.24 bits per heavy atom. The van der Waals surface area contributed by atoms with E-state index in [0.717, 1.165) is 17.3 Å². The lowest BCUT2D eigenvalue weighted by Crippen LogP contribution is -2.18. The van der Waals surface area contributed by atoms with Crippen LogP contribution in [0.2, 0.25) is 0 Å². The molecule has 1 unspecified atom stereocenters. The fourth-order valence-electron chi connectivity index (χ4n) is 2.83. The van der Waals surface area contributed by atoms with Crippen LogP contribution in [0.4, 0.5) is 0 Å². The van der Waals surface area contributed by atoms with Crippen LogP contribution in [0.15, 0.2) is 28.7 Å². The van der Waals surface area contributed by atoms with Gasteiger partial charge < -0.3 is 14.5 Å². The molecule has 1 fully saturated rings. The fourth-order valence-corrected chi connectivity index (χ4v) is 2.83. The average molecular weight is 285 g/mol. The highest BCUT2D eigenvalue weighted by Gasteiger charge is 2.24. The standard InChI is InChI=1S/C18H23NO2/c1-11-12(2)20-13(3)17(11)18(19-4)14-5-7-15(8-6-14)21-16-9-10-16/h5-8,16,18-19H,9-10H2,1-4H3. The monoisotopic (exact) mass is 285 g/mol. The Morgan fingerprint density at radius 2 is 1.76 bits per heavy atom. The van der Waals surface area contributed by atoms with Crippen LogP contribution in [0.1, 0.15) is 47.1 Å². The third-order valence-electron chi connectivity index (χ3n) is 4.24. The molecule has 3 heteroatoms. The van der Waals surface area contributed by atoms with E-state index in [2.05, 4.69) is 36.5 Å². The first-order valence-electron chi connectivity index (χ1n) is 7.60. The van der Waals surface area contributed by atoms with Crippen molar-refractivity contribution in [3.05, 3.63) is 52.5 Å². The van der Waals surface area contributed by atoms with Gasteiger partial charge in [-0.05, 0) is 63.9 Å². The molecule has 0 saturated heterocycles. The summed E-state index contributed by atoms with van der Waals surface area (Å²) >= 11 is 0. The number of furan rings is 1. The molecule has 1 heterocycles. The summed E-state index contributed by atoms with van der Waals surface area (Å²) in [5, 5.41) is 3.40. The van der Waals surface area contributed by atoms with Gasteiger partial charge in [0.15, 0.2) is 0 Å². The van der Waals surface area contributed by atoms with Crippen LogP contribution in [0.5, 0.6) is 5.75 Å². The largest absolute Gasteiger partial charge is 0.490 e. The first-order valence-corrected chi connectivity index (χ1v) is 7.60. The van der Waals surface area contributed by atoms with Gasteiger partial charge in [0.05, 0.1) is 12.1 Å². The van der Waals surface area contributed by atoms with Crippen LogP contribution < -0.4 is 10.1 Å². The van der Waals surface area contributed by atoms with Crippen molar-refractivity contribution in [3.63, 3.8) is 0 Å². The van der Waals surface area contributed by atoms with Crippen molar-refractivity contribution in [2.24, 2.45) is 0 Å². The summed E-state index contributed by atoms with van der Waals surface area (Å²) in [7, 11) is 1.99. The van der Waals surface area contributed by atoms with E-state index in [1.54, 1.807) is 0 Å².